The molecule has 0 amide bonds. The van der Waals surface area contributed by atoms with Crippen LogP contribution in [-0.4, -0.2) is 28.1 Å². The molecule has 1 N–H and O–H groups in total. The Kier molecular flexibility index (Phi) is 4.50. The smallest absolute Gasteiger partial charge is 0.321 e. The molecule has 0 aliphatic heterocycles. The van der Waals surface area contributed by atoms with E-state index in [4.69, 9.17) is 4.74 Å². The number of nitrogens with zero attached hydrogens (tertiary/aromatic N) is 3. The lowest BCUT2D eigenvalue weighted by Crippen LogP contribution is -2.07. The van der Waals surface area contributed by atoms with Gasteiger partial charge in [-0.3, -0.25) is 0 Å². The Morgan fingerprint density at radius 1 is 1.00 bits per heavy atom. The molecular weight excluding hydrogens is 252 g/mol. The van der Waals surface area contributed by atoms with Gasteiger partial charge in [-0.05, 0) is 39.8 Å². The first-order chi connectivity index (χ1) is 9.62. The number of aryl methyl sites for hydroxylation is 2. The molecule has 0 aliphatic rings. The van der Waals surface area contributed by atoms with Crippen molar-refractivity contribution in [2.75, 3.05) is 18.5 Å². The Labute approximate surface area is 119 Å². The van der Waals surface area contributed by atoms with Crippen LogP contribution in [-0.2, 0) is 0 Å². The van der Waals surface area contributed by atoms with E-state index in [1.165, 1.54) is 11.1 Å². The first-order valence-corrected chi connectivity index (χ1v) is 6.83. The largest absolute Gasteiger partial charge is 0.464 e. The van der Waals surface area contributed by atoms with Crippen LogP contribution in [0.25, 0.3) is 11.4 Å². The minimum absolute atomic E-state index is 0.354. The predicted molar refractivity (Wildman–Crippen MR) is 80.1 cm³/mol. The Morgan fingerprint density at radius 3 is 2.30 bits per heavy atom. The molecule has 5 heteroatoms. The van der Waals surface area contributed by atoms with Crippen LogP contribution >= 0.6 is 0 Å². The van der Waals surface area contributed by atoms with Crippen LogP contribution in [0.15, 0.2) is 18.2 Å². The Balaban J connectivity index is 2.48. The minimum atomic E-state index is 0.354. The van der Waals surface area contributed by atoms with Crippen molar-refractivity contribution in [3.05, 3.63) is 29.3 Å². The zero-order chi connectivity index (χ0) is 14.5. The summed E-state index contributed by atoms with van der Waals surface area (Å²) in [5.74, 6) is 1.17. The minimum Gasteiger partial charge on any atom is -0.464 e. The van der Waals surface area contributed by atoms with Gasteiger partial charge in [-0.1, -0.05) is 17.2 Å². The normalized spacial score (nSPS) is 10.4. The van der Waals surface area contributed by atoms with Gasteiger partial charge < -0.3 is 10.1 Å². The number of benzene rings is 1. The molecule has 0 unspecified atom stereocenters. The Hall–Kier alpha value is -2.17. The number of anilines is 1. The van der Waals surface area contributed by atoms with E-state index in [0.717, 1.165) is 12.1 Å². The van der Waals surface area contributed by atoms with Gasteiger partial charge in [-0.25, -0.2) is 0 Å². The molecule has 20 heavy (non-hydrogen) atoms. The third-order valence-electron chi connectivity index (χ3n) is 2.70. The zero-order valence-electron chi connectivity index (χ0n) is 12.4. The summed E-state index contributed by atoms with van der Waals surface area (Å²) in [5.41, 5.74) is 3.34. The maximum atomic E-state index is 5.41. The fraction of sp³-hybridized carbons (Fsp3) is 0.400. The highest BCUT2D eigenvalue weighted by molar-refractivity contribution is 5.59. The van der Waals surface area contributed by atoms with Crippen molar-refractivity contribution in [2.45, 2.75) is 27.7 Å². The molecule has 2 rings (SSSR count). The van der Waals surface area contributed by atoms with Gasteiger partial charge in [0.1, 0.15) is 0 Å². The molecule has 0 radical (unpaired) electrons. The van der Waals surface area contributed by atoms with Crippen LogP contribution in [0, 0.1) is 13.8 Å². The highest BCUT2D eigenvalue weighted by Gasteiger charge is 2.09. The molecule has 0 aliphatic carbocycles. The molecule has 5 nitrogen and oxygen atoms in total. The van der Waals surface area contributed by atoms with Crippen LogP contribution in [0.5, 0.6) is 6.01 Å². The first-order valence-electron chi connectivity index (χ1n) is 6.83. The standard InChI is InChI=1S/C15H20N4O/c1-5-16-14-17-13(18-15(19-14)20-6-2)12-8-10(3)7-11(4)9-12/h7-9H,5-6H2,1-4H3,(H,16,17,18,19). The van der Waals surface area contributed by atoms with Crippen molar-refractivity contribution in [2.24, 2.45) is 0 Å². The molecule has 0 saturated heterocycles. The van der Waals surface area contributed by atoms with Gasteiger partial charge in [-0.15, -0.1) is 0 Å². The van der Waals surface area contributed by atoms with E-state index in [2.05, 4.69) is 52.3 Å². The number of hydrogen-bond acceptors (Lipinski definition) is 5. The van der Waals surface area contributed by atoms with Crippen molar-refractivity contribution >= 4 is 5.95 Å². The summed E-state index contributed by atoms with van der Waals surface area (Å²) in [7, 11) is 0. The van der Waals surface area contributed by atoms with Gasteiger partial charge in [-0.2, -0.15) is 15.0 Å². The van der Waals surface area contributed by atoms with E-state index in [1.54, 1.807) is 0 Å². The molecule has 1 aromatic carbocycles. The van der Waals surface area contributed by atoms with Gasteiger partial charge >= 0.3 is 6.01 Å². The number of aromatic nitrogens is 3. The first kappa shape index (κ1) is 14.2. The summed E-state index contributed by atoms with van der Waals surface area (Å²) in [5, 5.41) is 3.10. The highest BCUT2D eigenvalue weighted by Crippen LogP contribution is 2.21. The van der Waals surface area contributed by atoms with Gasteiger partial charge in [0.05, 0.1) is 6.61 Å². The van der Waals surface area contributed by atoms with E-state index < -0.39 is 0 Å². The average Bonchev–Trinajstić information content (AvgIpc) is 2.38. The zero-order valence-corrected chi connectivity index (χ0v) is 12.4. The van der Waals surface area contributed by atoms with Gasteiger partial charge in [0.15, 0.2) is 5.82 Å². The number of nitrogens with one attached hydrogen (secondary N) is 1. The molecule has 0 spiro atoms. The topological polar surface area (TPSA) is 59.9 Å². The van der Waals surface area contributed by atoms with Gasteiger partial charge in [0.25, 0.3) is 0 Å². The summed E-state index contributed by atoms with van der Waals surface area (Å²) in [6, 6.07) is 6.61. The van der Waals surface area contributed by atoms with Crippen molar-refractivity contribution in [1.82, 2.24) is 15.0 Å². The second-order valence-corrected chi connectivity index (χ2v) is 4.60. The Morgan fingerprint density at radius 2 is 1.70 bits per heavy atom. The molecule has 0 atom stereocenters. The van der Waals surface area contributed by atoms with Gasteiger partial charge in [0.2, 0.25) is 5.95 Å². The van der Waals surface area contributed by atoms with Crippen LogP contribution in [0.4, 0.5) is 5.95 Å². The molecule has 0 saturated carbocycles. The predicted octanol–water partition coefficient (Wildman–Crippen LogP) is 2.99. The lowest BCUT2D eigenvalue weighted by Gasteiger charge is -2.09. The second kappa shape index (κ2) is 6.32. The summed E-state index contributed by atoms with van der Waals surface area (Å²) in [4.78, 5) is 13.0. The maximum Gasteiger partial charge on any atom is 0.321 e. The summed E-state index contributed by atoms with van der Waals surface area (Å²) >= 11 is 0. The third kappa shape index (κ3) is 3.44. The average molecular weight is 272 g/mol. The molecular formula is C15H20N4O. The Bertz CT molecular complexity index is 554. The van der Waals surface area contributed by atoms with Crippen molar-refractivity contribution in [3.63, 3.8) is 0 Å². The molecule has 0 fully saturated rings. The second-order valence-electron chi connectivity index (χ2n) is 4.60. The lowest BCUT2D eigenvalue weighted by atomic mass is 10.1. The number of rotatable bonds is 5. The molecule has 106 valence electrons. The van der Waals surface area contributed by atoms with E-state index in [9.17, 15) is 0 Å². The van der Waals surface area contributed by atoms with E-state index in [-0.39, 0.29) is 0 Å². The van der Waals surface area contributed by atoms with Crippen molar-refractivity contribution < 1.29 is 4.74 Å². The lowest BCUT2D eigenvalue weighted by molar-refractivity contribution is 0.312. The number of ether oxygens (including phenoxy) is 1. The fourth-order valence-electron chi connectivity index (χ4n) is 2.02. The molecule has 0 bridgehead atoms. The van der Waals surface area contributed by atoms with Crippen LogP contribution < -0.4 is 10.1 Å². The number of hydrogen-bond donors (Lipinski definition) is 1. The summed E-state index contributed by atoms with van der Waals surface area (Å²) in [6.45, 7) is 9.32. The molecule has 1 aromatic heterocycles. The quantitative estimate of drug-likeness (QED) is 0.906. The van der Waals surface area contributed by atoms with Crippen molar-refractivity contribution in [3.8, 4) is 17.4 Å². The summed E-state index contributed by atoms with van der Waals surface area (Å²) in [6.07, 6.45) is 0. The van der Waals surface area contributed by atoms with E-state index >= 15 is 0 Å². The van der Waals surface area contributed by atoms with Crippen LogP contribution in [0.3, 0.4) is 0 Å². The maximum absolute atomic E-state index is 5.41. The molecule has 2 aromatic rings. The monoisotopic (exact) mass is 272 g/mol. The highest BCUT2D eigenvalue weighted by atomic mass is 16.5. The van der Waals surface area contributed by atoms with E-state index in [1.807, 2.05) is 13.8 Å². The molecule has 1 heterocycles. The van der Waals surface area contributed by atoms with Crippen molar-refractivity contribution in [1.29, 1.82) is 0 Å². The fourth-order valence-corrected chi connectivity index (χ4v) is 2.02. The third-order valence-corrected chi connectivity index (χ3v) is 2.70. The summed E-state index contributed by atoms with van der Waals surface area (Å²) < 4.78 is 5.41. The van der Waals surface area contributed by atoms with Gasteiger partial charge in [0, 0.05) is 12.1 Å². The van der Waals surface area contributed by atoms with Crippen LogP contribution in [0.2, 0.25) is 0 Å². The SMILES string of the molecule is CCNc1nc(OCC)nc(-c2cc(C)cc(C)c2)n1. The van der Waals surface area contributed by atoms with Crippen LogP contribution in [0.1, 0.15) is 25.0 Å². The van der Waals surface area contributed by atoms with E-state index in [0.29, 0.717) is 24.4 Å².